The number of aromatic hydroxyl groups is 1. The van der Waals surface area contributed by atoms with Crippen molar-refractivity contribution >= 4 is 11.0 Å². The van der Waals surface area contributed by atoms with E-state index in [1.165, 1.54) is 0 Å². The fraction of sp³-hybridized carbons (Fsp3) is 0.263. The molecule has 0 aliphatic carbocycles. The topological polar surface area (TPSA) is 51.8 Å². The molecule has 0 unspecified atom stereocenters. The Balaban J connectivity index is 2.28. The summed E-state index contributed by atoms with van der Waals surface area (Å²) in [7, 11) is 3.28. The van der Waals surface area contributed by atoms with E-state index < -0.39 is 0 Å². The molecule has 1 aromatic heterocycles. The van der Waals surface area contributed by atoms with E-state index in [1.807, 2.05) is 45.0 Å². The molecule has 0 saturated carbocycles. The van der Waals surface area contributed by atoms with Gasteiger partial charge in [0.1, 0.15) is 28.6 Å². The molecule has 0 spiro atoms. The van der Waals surface area contributed by atoms with Crippen LogP contribution in [0.25, 0.3) is 22.3 Å². The highest BCUT2D eigenvalue weighted by Gasteiger charge is 2.18. The Labute approximate surface area is 135 Å². The van der Waals surface area contributed by atoms with Crippen molar-refractivity contribution < 1.29 is 19.0 Å². The molecule has 1 N–H and O–H groups in total. The molecule has 120 valence electrons. The van der Waals surface area contributed by atoms with Gasteiger partial charge in [0, 0.05) is 16.7 Å². The Morgan fingerprint density at radius 1 is 0.957 bits per heavy atom. The van der Waals surface area contributed by atoms with E-state index in [0.29, 0.717) is 16.7 Å². The number of phenols is 1. The summed E-state index contributed by atoms with van der Waals surface area (Å²) in [4.78, 5) is 0. The summed E-state index contributed by atoms with van der Waals surface area (Å²) < 4.78 is 16.9. The van der Waals surface area contributed by atoms with E-state index in [4.69, 9.17) is 13.9 Å². The highest BCUT2D eigenvalue weighted by Crippen LogP contribution is 2.41. The van der Waals surface area contributed by atoms with Crippen molar-refractivity contribution in [1.82, 2.24) is 0 Å². The number of rotatable bonds is 3. The van der Waals surface area contributed by atoms with Crippen LogP contribution in [-0.2, 0) is 0 Å². The Kier molecular flexibility index (Phi) is 3.68. The summed E-state index contributed by atoms with van der Waals surface area (Å²) in [6.45, 7) is 5.81. The summed E-state index contributed by atoms with van der Waals surface area (Å²) in [6, 6.07) is 7.50. The lowest BCUT2D eigenvalue weighted by atomic mass is 10.0. The first-order chi connectivity index (χ1) is 11.0. The first-order valence-corrected chi connectivity index (χ1v) is 7.42. The highest BCUT2D eigenvalue weighted by molar-refractivity contribution is 5.90. The summed E-state index contributed by atoms with van der Waals surface area (Å²) in [5.74, 6) is 2.44. The van der Waals surface area contributed by atoms with Crippen LogP contribution in [0.5, 0.6) is 17.2 Å². The maximum atomic E-state index is 10.2. The molecule has 0 atom stereocenters. The minimum Gasteiger partial charge on any atom is -0.507 e. The lowest BCUT2D eigenvalue weighted by molar-refractivity contribution is 0.387. The van der Waals surface area contributed by atoms with Crippen LogP contribution in [0.2, 0.25) is 0 Å². The van der Waals surface area contributed by atoms with Crippen molar-refractivity contribution in [1.29, 1.82) is 0 Å². The Bertz CT molecular complexity index is 890. The number of hydrogen-bond donors (Lipinski definition) is 1. The fourth-order valence-electron chi connectivity index (χ4n) is 2.98. The van der Waals surface area contributed by atoms with Crippen LogP contribution in [0.1, 0.15) is 16.7 Å². The summed E-state index contributed by atoms with van der Waals surface area (Å²) in [6.07, 6.45) is 0. The number of phenolic OH excluding ortho intramolecular Hbond substituents is 1. The van der Waals surface area contributed by atoms with Crippen LogP contribution in [0, 0.1) is 20.8 Å². The lowest BCUT2D eigenvalue weighted by Gasteiger charge is -2.15. The van der Waals surface area contributed by atoms with Crippen LogP contribution >= 0.6 is 0 Å². The van der Waals surface area contributed by atoms with Crippen LogP contribution in [0.15, 0.2) is 28.7 Å². The average Bonchev–Trinajstić information content (AvgIpc) is 2.96. The minimum atomic E-state index is 0.251. The van der Waals surface area contributed by atoms with E-state index in [0.717, 1.165) is 33.8 Å². The van der Waals surface area contributed by atoms with Gasteiger partial charge in [0.2, 0.25) is 0 Å². The molecule has 0 aliphatic heterocycles. The Morgan fingerprint density at radius 2 is 1.70 bits per heavy atom. The summed E-state index contributed by atoms with van der Waals surface area (Å²) in [5.41, 5.74) is 4.28. The van der Waals surface area contributed by atoms with Crippen LogP contribution in [0.3, 0.4) is 0 Å². The molecular weight excluding hydrogens is 292 g/mol. The van der Waals surface area contributed by atoms with E-state index in [2.05, 4.69) is 0 Å². The van der Waals surface area contributed by atoms with Gasteiger partial charge in [0.15, 0.2) is 0 Å². The molecule has 0 fully saturated rings. The quantitative estimate of drug-likeness (QED) is 0.758. The SMILES string of the molecule is COc1cc(-c2cc3c(O)c(C)ccc3o2)c(C)c(OC)c1C. The monoisotopic (exact) mass is 312 g/mol. The van der Waals surface area contributed by atoms with Gasteiger partial charge < -0.3 is 19.0 Å². The van der Waals surface area contributed by atoms with Gasteiger partial charge in [-0.25, -0.2) is 0 Å². The molecular formula is C19H20O4. The number of benzene rings is 2. The van der Waals surface area contributed by atoms with Gasteiger partial charge in [-0.3, -0.25) is 0 Å². The zero-order chi connectivity index (χ0) is 16.7. The number of methoxy groups -OCH3 is 2. The molecule has 4 nitrogen and oxygen atoms in total. The highest BCUT2D eigenvalue weighted by atomic mass is 16.5. The molecule has 0 radical (unpaired) electrons. The second-order valence-corrected chi connectivity index (χ2v) is 5.66. The number of hydrogen-bond acceptors (Lipinski definition) is 4. The fourth-order valence-corrected chi connectivity index (χ4v) is 2.98. The predicted octanol–water partition coefficient (Wildman–Crippen LogP) is 4.75. The molecule has 23 heavy (non-hydrogen) atoms. The number of ether oxygens (including phenoxy) is 2. The lowest BCUT2D eigenvalue weighted by Crippen LogP contribution is -1.97. The van der Waals surface area contributed by atoms with Crippen molar-refractivity contribution in [2.24, 2.45) is 0 Å². The smallest absolute Gasteiger partial charge is 0.138 e. The van der Waals surface area contributed by atoms with Gasteiger partial charge in [0.05, 0.1) is 19.6 Å². The number of aryl methyl sites for hydroxylation is 1. The van der Waals surface area contributed by atoms with Crippen LogP contribution < -0.4 is 9.47 Å². The molecule has 1 heterocycles. The van der Waals surface area contributed by atoms with Crippen molar-refractivity contribution in [3.05, 3.63) is 41.0 Å². The van der Waals surface area contributed by atoms with Crippen LogP contribution in [0.4, 0.5) is 0 Å². The predicted molar refractivity (Wildman–Crippen MR) is 90.6 cm³/mol. The summed E-state index contributed by atoms with van der Waals surface area (Å²) in [5, 5.41) is 10.9. The molecule has 0 aliphatic rings. The third-order valence-electron chi connectivity index (χ3n) is 4.29. The first-order valence-electron chi connectivity index (χ1n) is 7.42. The molecule has 3 rings (SSSR count). The molecule has 0 saturated heterocycles. The Hall–Kier alpha value is -2.62. The molecule has 0 amide bonds. The van der Waals surface area contributed by atoms with Crippen molar-refractivity contribution in [2.45, 2.75) is 20.8 Å². The van der Waals surface area contributed by atoms with E-state index in [1.54, 1.807) is 14.2 Å². The number of furan rings is 1. The standard InChI is InChI=1S/C19H20O4/c1-10-6-7-15-14(18(10)20)9-17(23-15)13-8-16(21-4)12(3)19(22-5)11(13)2/h6-9,20H,1-5H3. The van der Waals surface area contributed by atoms with Gasteiger partial charge >= 0.3 is 0 Å². The second kappa shape index (κ2) is 5.54. The maximum absolute atomic E-state index is 10.2. The van der Waals surface area contributed by atoms with Gasteiger partial charge in [-0.1, -0.05) is 6.07 Å². The normalized spacial score (nSPS) is 11.0. The molecule has 4 heteroatoms. The zero-order valence-electron chi connectivity index (χ0n) is 14.0. The third-order valence-corrected chi connectivity index (χ3v) is 4.29. The summed E-state index contributed by atoms with van der Waals surface area (Å²) >= 11 is 0. The zero-order valence-corrected chi connectivity index (χ0v) is 14.0. The van der Waals surface area contributed by atoms with Crippen molar-refractivity contribution in [3.63, 3.8) is 0 Å². The van der Waals surface area contributed by atoms with Crippen LogP contribution in [-0.4, -0.2) is 19.3 Å². The molecule has 2 aromatic carbocycles. The minimum absolute atomic E-state index is 0.251. The largest absolute Gasteiger partial charge is 0.507 e. The van der Waals surface area contributed by atoms with Gasteiger partial charge in [-0.05, 0) is 44.5 Å². The van der Waals surface area contributed by atoms with Crippen molar-refractivity contribution in [2.75, 3.05) is 14.2 Å². The third kappa shape index (κ3) is 2.31. The van der Waals surface area contributed by atoms with Crippen molar-refractivity contribution in [3.8, 4) is 28.6 Å². The second-order valence-electron chi connectivity index (χ2n) is 5.66. The van der Waals surface area contributed by atoms with E-state index >= 15 is 0 Å². The van der Waals surface area contributed by atoms with E-state index in [9.17, 15) is 5.11 Å². The Morgan fingerprint density at radius 3 is 2.35 bits per heavy atom. The maximum Gasteiger partial charge on any atom is 0.138 e. The molecule has 0 bridgehead atoms. The first kappa shape index (κ1) is 15.3. The van der Waals surface area contributed by atoms with Gasteiger partial charge in [-0.15, -0.1) is 0 Å². The van der Waals surface area contributed by atoms with Gasteiger partial charge in [0.25, 0.3) is 0 Å². The molecule has 3 aromatic rings. The van der Waals surface area contributed by atoms with Gasteiger partial charge in [-0.2, -0.15) is 0 Å². The number of fused-ring (bicyclic) bond motifs is 1. The average molecular weight is 312 g/mol. The van der Waals surface area contributed by atoms with E-state index in [-0.39, 0.29) is 5.75 Å².